The molecule has 1 aromatic carbocycles. The molecule has 0 heterocycles. The first-order valence-electron chi connectivity index (χ1n) is 6.11. The molecule has 104 valence electrons. The van der Waals surface area contributed by atoms with Crippen LogP contribution in [0.15, 0.2) is 41.2 Å². The summed E-state index contributed by atoms with van der Waals surface area (Å²) in [7, 11) is 0. The zero-order chi connectivity index (χ0) is 14.3. The van der Waals surface area contributed by atoms with Gasteiger partial charge in [-0.05, 0) is 38.1 Å². The molecular formula is C14H20FN3O. The summed E-state index contributed by atoms with van der Waals surface area (Å²) in [6.07, 6.45) is 0.474. The summed E-state index contributed by atoms with van der Waals surface area (Å²) in [6, 6.07) is 7.32. The topological polar surface area (TPSA) is 73.6 Å². The van der Waals surface area contributed by atoms with Crippen molar-refractivity contribution in [2.24, 2.45) is 16.5 Å². The van der Waals surface area contributed by atoms with Gasteiger partial charge in [0.2, 0.25) is 0 Å². The first-order chi connectivity index (χ1) is 9.06. The van der Waals surface area contributed by atoms with E-state index in [-0.39, 0.29) is 19.2 Å². The van der Waals surface area contributed by atoms with Gasteiger partial charge in [0.25, 0.3) is 0 Å². The highest BCUT2D eigenvalue weighted by atomic mass is 19.1. The van der Waals surface area contributed by atoms with Crippen LogP contribution in [-0.2, 0) is 0 Å². The SMILES string of the molecule is CC(C)N=C(N)c1ccc(OC/C(=C/F)CN)cc1. The first-order valence-corrected chi connectivity index (χ1v) is 6.11. The summed E-state index contributed by atoms with van der Waals surface area (Å²) in [4.78, 5) is 4.26. The van der Waals surface area contributed by atoms with Gasteiger partial charge in [0.15, 0.2) is 0 Å². The number of nitrogens with two attached hydrogens (primary N) is 2. The van der Waals surface area contributed by atoms with Gasteiger partial charge in [0, 0.05) is 23.7 Å². The molecule has 0 aliphatic heterocycles. The summed E-state index contributed by atoms with van der Waals surface area (Å²) < 4.78 is 17.7. The summed E-state index contributed by atoms with van der Waals surface area (Å²) in [5.74, 6) is 1.13. The van der Waals surface area contributed by atoms with Crippen LogP contribution in [0.5, 0.6) is 5.75 Å². The van der Waals surface area contributed by atoms with Crippen LogP contribution in [0.2, 0.25) is 0 Å². The first kappa shape index (κ1) is 15.2. The second kappa shape index (κ2) is 7.53. The van der Waals surface area contributed by atoms with Crippen LogP contribution in [0.1, 0.15) is 19.4 Å². The van der Waals surface area contributed by atoms with Crippen molar-refractivity contribution < 1.29 is 9.13 Å². The maximum absolute atomic E-state index is 12.3. The molecule has 19 heavy (non-hydrogen) atoms. The summed E-state index contributed by atoms with van der Waals surface area (Å²) >= 11 is 0. The summed E-state index contributed by atoms with van der Waals surface area (Å²) in [6.45, 7) is 4.20. The lowest BCUT2D eigenvalue weighted by Crippen LogP contribution is -2.15. The van der Waals surface area contributed by atoms with Crippen molar-refractivity contribution in [2.45, 2.75) is 19.9 Å². The highest BCUT2D eigenvalue weighted by Gasteiger charge is 2.02. The minimum absolute atomic E-state index is 0.141. The molecule has 0 spiro atoms. The largest absolute Gasteiger partial charge is 0.489 e. The van der Waals surface area contributed by atoms with Crippen LogP contribution in [0.4, 0.5) is 4.39 Å². The smallest absolute Gasteiger partial charge is 0.125 e. The molecule has 0 radical (unpaired) electrons. The molecule has 0 aliphatic rings. The Labute approximate surface area is 113 Å². The zero-order valence-electron chi connectivity index (χ0n) is 11.3. The van der Waals surface area contributed by atoms with Crippen LogP contribution >= 0.6 is 0 Å². The normalized spacial score (nSPS) is 12.9. The minimum Gasteiger partial charge on any atom is -0.489 e. The fourth-order valence-corrected chi connectivity index (χ4v) is 1.39. The number of amidine groups is 1. The minimum atomic E-state index is 0.141. The monoisotopic (exact) mass is 265 g/mol. The fourth-order valence-electron chi connectivity index (χ4n) is 1.39. The summed E-state index contributed by atoms with van der Waals surface area (Å²) in [5, 5.41) is 0. The average molecular weight is 265 g/mol. The van der Waals surface area contributed by atoms with Gasteiger partial charge in [-0.15, -0.1) is 0 Å². The Morgan fingerprint density at radius 3 is 2.47 bits per heavy atom. The van der Waals surface area contributed by atoms with E-state index in [0.717, 1.165) is 5.56 Å². The van der Waals surface area contributed by atoms with Crippen LogP contribution in [0, 0.1) is 0 Å². The molecule has 0 amide bonds. The zero-order valence-corrected chi connectivity index (χ0v) is 11.3. The third kappa shape index (κ3) is 5.09. The van der Waals surface area contributed by atoms with Gasteiger partial charge in [-0.25, -0.2) is 4.39 Å². The van der Waals surface area contributed by atoms with Gasteiger partial charge in [-0.3, -0.25) is 4.99 Å². The van der Waals surface area contributed by atoms with E-state index in [2.05, 4.69) is 4.99 Å². The van der Waals surface area contributed by atoms with E-state index < -0.39 is 0 Å². The van der Waals surface area contributed by atoms with Gasteiger partial charge in [-0.1, -0.05) is 0 Å². The Hall–Kier alpha value is -1.88. The van der Waals surface area contributed by atoms with Gasteiger partial charge in [0.05, 0.1) is 6.33 Å². The number of aliphatic imine (C=N–C) groups is 1. The molecule has 1 rings (SSSR count). The Morgan fingerprint density at radius 1 is 1.37 bits per heavy atom. The third-order valence-corrected chi connectivity index (χ3v) is 2.39. The molecule has 1 aromatic rings. The van der Waals surface area contributed by atoms with Gasteiger partial charge in [0.1, 0.15) is 18.2 Å². The molecular weight excluding hydrogens is 245 g/mol. The number of halogens is 1. The second-order valence-electron chi connectivity index (χ2n) is 4.39. The van der Waals surface area contributed by atoms with E-state index in [9.17, 15) is 4.39 Å². The highest BCUT2D eigenvalue weighted by molar-refractivity contribution is 5.97. The maximum Gasteiger partial charge on any atom is 0.125 e. The molecule has 0 atom stereocenters. The van der Waals surface area contributed by atoms with E-state index in [1.807, 2.05) is 26.0 Å². The number of rotatable bonds is 6. The van der Waals surface area contributed by atoms with Gasteiger partial charge < -0.3 is 16.2 Å². The van der Waals surface area contributed by atoms with Crippen molar-refractivity contribution >= 4 is 5.84 Å². The lowest BCUT2D eigenvalue weighted by molar-refractivity contribution is 0.347. The van der Waals surface area contributed by atoms with Crippen LogP contribution in [-0.4, -0.2) is 25.0 Å². The number of benzene rings is 1. The standard InChI is InChI=1S/C14H20FN3O/c1-10(2)18-14(17)12-3-5-13(6-4-12)19-9-11(7-15)8-16/h3-7,10H,8-9,16H2,1-2H3,(H2,17,18)/b11-7+. The molecule has 5 heteroatoms. The van der Waals surface area contributed by atoms with E-state index in [0.29, 0.717) is 23.5 Å². The number of hydrogen-bond acceptors (Lipinski definition) is 3. The lowest BCUT2D eigenvalue weighted by Gasteiger charge is -2.08. The Bertz CT molecular complexity index is 452. The molecule has 0 bridgehead atoms. The third-order valence-electron chi connectivity index (χ3n) is 2.39. The van der Waals surface area contributed by atoms with Crippen molar-refractivity contribution in [2.75, 3.05) is 13.2 Å². The van der Waals surface area contributed by atoms with Crippen LogP contribution < -0.4 is 16.2 Å². The van der Waals surface area contributed by atoms with Crippen molar-refractivity contribution in [3.63, 3.8) is 0 Å². The van der Waals surface area contributed by atoms with Crippen molar-refractivity contribution in [1.29, 1.82) is 0 Å². The van der Waals surface area contributed by atoms with E-state index >= 15 is 0 Å². The molecule has 0 fully saturated rings. The molecule has 4 nitrogen and oxygen atoms in total. The quantitative estimate of drug-likeness (QED) is 0.610. The van der Waals surface area contributed by atoms with Gasteiger partial charge in [-0.2, -0.15) is 0 Å². The fraction of sp³-hybridized carbons (Fsp3) is 0.357. The van der Waals surface area contributed by atoms with Crippen molar-refractivity contribution in [3.05, 3.63) is 41.7 Å². The molecule has 0 unspecified atom stereocenters. The lowest BCUT2D eigenvalue weighted by atomic mass is 10.2. The van der Waals surface area contributed by atoms with Crippen LogP contribution in [0.25, 0.3) is 0 Å². The maximum atomic E-state index is 12.3. The molecule has 0 saturated carbocycles. The molecule has 0 saturated heterocycles. The number of nitrogens with zero attached hydrogens (tertiary/aromatic N) is 1. The summed E-state index contributed by atoms with van der Waals surface area (Å²) in [5.41, 5.74) is 12.4. The Morgan fingerprint density at radius 2 is 2.00 bits per heavy atom. The molecule has 0 aliphatic carbocycles. The Balaban J connectivity index is 2.67. The van der Waals surface area contributed by atoms with Crippen molar-refractivity contribution in [1.82, 2.24) is 0 Å². The predicted molar refractivity (Wildman–Crippen MR) is 76.0 cm³/mol. The Kier molecular flexibility index (Phi) is 6.02. The highest BCUT2D eigenvalue weighted by Crippen LogP contribution is 2.13. The van der Waals surface area contributed by atoms with E-state index in [4.69, 9.17) is 16.2 Å². The predicted octanol–water partition coefficient (Wildman–Crippen LogP) is 1.99. The molecule has 4 N–H and O–H groups in total. The second-order valence-corrected chi connectivity index (χ2v) is 4.39. The van der Waals surface area contributed by atoms with E-state index in [1.54, 1.807) is 12.1 Å². The van der Waals surface area contributed by atoms with Gasteiger partial charge >= 0.3 is 0 Å². The van der Waals surface area contributed by atoms with E-state index in [1.165, 1.54) is 0 Å². The number of hydrogen-bond donors (Lipinski definition) is 2. The number of ether oxygens (including phenoxy) is 1. The average Bonchev–Trinajstić information content (AvgIpc) is 2.39. The van der Waals surface area contributed by atoms with Crippen LogP contribution in [0.3, 0.4) is 0 Å². The van der Waals surface area contributed by atoms with Crippen molar-refractivity contribution in [3.8, 4) is 5.75 Å². The molecule has 0 aromatic heterocycles.